The van der Waals surface area contributed by atoms with Gasteiger partial charge in [0.25, 0.3) is 0 Å². The summed E-state index contributed by atoms with van der Waals surface area (Å²) in [5.41, 5.74) is 6.17. The number of carbonyl (C=O) groups excluding carboxylic acids is 1. The number of ether oxygens (including phenoxy) is 3. The number of nitrogens with two attached hydrogens (primary N) is 1. The van der Waals surface area contributed by atoms with Crippen molar-refractivity contribution in [3.63, 3.8) is 0 Å². The predicted molar refractivity (Wildman–Crippen MR) is 77.6 cm³/mol. The summed E-state index contributed by atoms with van der Waals surface area (Å²) < 4.78 is 28.3. The van der Waals surface area contributed by atoms with Crippen molar-refractivity contribution in [1.29, 1.82) is 0 Å². The number of hydrogen-bond acceptors (Lipinski definition) is 5. The quantitative estimate of drug-likeness (QED) is 0.504. The fraction of sp³-hybridized carbons (Fsp3) is 0.500. The highest BCUT2D eigenvalue weighted by Crippen LogP contribution is 2.18. The Balaban J connectivity index is 2.13. The van der Waals surface area contributed by atoms with Gasteiger partial charge in [0.15, 0.2) is 0 Å². The Morgan fingerprint density at radius 3 is 2.76 bits per heavy atom. The van der Waals surface area contributed by atoms with Crippen LogP contribution in [0.5, 0.6) is 0 Å². The number of hydrogen-bond donors (Lipinski definition) is 2. The van der Waals surface area contributed by atoms with Gasteiger partial charge in [-0.1, -0.05) is 0 Å². The van der Waals surface area contributed by atoms with Crippen LogP contribution in [0.3, 0.4) is 0 Å². The van der Waals surface area contributed by atoms with Crippen molar-refractivity contribution in [2.24, 2.45) is 0 Å². The summed E-state index contributed by atoms with van der Waals surface area (Å²) in [6, 6.07) is 3.78. The highest BCUT2D eigenvalue weighted by molar-refractivity contribution is 5.94. The SMILES string of the molecule is COCCOCCCOCC(=O)Nc1cc(F)ccc1N. The summed E-state index contributed by atoms with van der Waals surface area (Å²) in [5.74, 6) is -0.846. The van der Waals surface area contributed by atoms with E-state index in [2.05, 4.69) is 5.32 Å². The van der Waals surface area contributed by atoms with E-state index >= 15 is 0 Å². The molecule has 0 aromatic heterocycles. The van der Waals surface area contributed by atoms with Gasteiger partial charge in [-0.25, -0.2) is 4.39 Å². The van der Waals surface area contributed by atoms with Crippen molar-refractivity contribution in [1.82, 2.24) is 0 Å². The number of carbonyl (C=O) groups is 1. The molecule has 1 rings (SSSR count). The molecular weight excluding hydrogens is 279 g/mol. The maximum absolute atomic E-state index is 13.0. The number of rotatable bonds is 10. The molecule has 0 aliphatic heterocycles. The second-order valence-corrected chi connectivity index (χ2v) is 4.29. The molecule has 0 aliphatic rings. The number of anilines is 2. The molecule has 0 saturated heterocycles. The second kappa shape index (κ2) is 10.1. The van der Waals surface area contributed by atoms with Crippen LogP contribution in [-0.2, 0) is 19.0 Å². The number of methoxy groups -OCH3 is 1. The Hall–Kier alpha value is -1.70. The number of amides is 1. The molecule has 0 aliphatic carbocycles. The first-order chi connectivity index (χ1) is 10.1. The fourth-order valence-electron chi connectivity index (χ4n) is 1.50. The van der Waals surface area contributed by atoms with Gasteiger partial charge in [0.05, 0.1) is 24.6 Å². The van der Waals surface area contributed by atoms with Crippen molar-refractivity contribution < 1.29 is 23.4 Å². The lowest BCUT2D eigenvalue weighted by Gasteiger charge is -2.09. The van der Waals surface area contributed by atoms with Crippen molar-refractivity contribution in [3.05, 3.63) is 24.0 Å². The average molecular weight is 300 g/mol. The van der Waals surface area contributed by atoms with Crippen LogP contribution in [0, 0.1) is 5.82 Å². The van der Waals surface area contributed by atoms with Crippen LogP contribution in [0.25, 0.3) is 0 Å². The standard InChI is InChI=1S/C14H21FN2O4/c1-19-7-8-20-5-2-6-21-10-14(18)17-13-9-11(15)3-4-12(13)16/h3-4,9H,2,5-8,10,16H2,1H3,(H,17,18). The number of nitrogens with one attached hydrogen (secondary N) is 1. The Morgan fingerprint density at radius 2 is 2.00 bits per heavy atom. The van der Waals surface area contributed by atoms with Crippen molar-refractivity contribution in [2.75, 3.05) is 51.2 Å². The molecule has 21 heavy (non-hydrogen) atoms. The number of nitrogen functional groups attached to an aromatic ring is 1. The average Bonchev–Trinajstić information content (AvgIpc) is 2.46. The van der Waals surface area contributed by atoms with Gasteiger partial charge in [-0.15, -0.1) is 0 Å². The van der Waals surface area contributed by atoms with E-state index in [0.717, 1.165) is 6.07 Å². The Morgan fingerprint density at radius 1 is 1.24 bits per heavy atom. The first-order valence-electron chi connectivity index (χ1n) is 6.62. The molecule has 0 bridgehead atoms. The monoisotopic (exact) mass is 300 g/mol. The molecule has 1 aromatic carbocycles. The van der Waals surface area contributed by atoms with E-state index in [1.165, 1.54) is 12.1 Å². The summed E-state index contributed by atoms with van der Waals surface area (Å²) in [6.07, 6.45) is 0.680. The van der Waals surface area contributed by atoms with Gasteiger partial charge in [-0.3, -0.25) is 4.79 Å². The summed E-state index contributed by atoms with van der Waals surface area (Å²) >= 11 is 0. The molecule has 0 atom stereocenters. The molecule has 0 spiro atoms. The normalized spacial score (nSPS) is 10.6. The Kier molecular flexibility index (Phi) is 8.34. The fourth-order valence-corrected chi connectivity index (χ4v) is 1.50. The van der Waals surface area contributed by atoms with Crippen LogP contribution in [0.2, 0.25) is 0 Å². The van der Waals surface area contributed by atoms with Crippen molar-refractivity contribution in [2.45, 2.75) is 6.42 Å². The lowest BCUT2D eigenvalue weighted by molar-refractivity contribution is -0.120. The van der Waals surface area contributed by atoms with E-state index in [0.29, 0.717) is 38.5 Å². The zero-order chi connectivity index (χ0) is 15.5. The summed E-state index contributed by atoms with van der Waals surface area (Å²) in [7, 11) is 1.61. The lowest BCUT2D eigenvalue weighted by Crippen LogP contribution is -2.20. The van der Waals surface area contributed by atoms with Crippen LogP contribution in [0.1, 0.15) is 6.42 Å². The van der Waals surface area contributed by atoms with E-state index in [1.807, 2.05) is 0 Å². The molecule has 0 fully saturated rings. The summed E-state index contributed by atoms with van der Waals surface area (Å²) in [4.78, 5) is 11.6. The van der Waals surface area contributed by atoms with Gasteiger partial charge in [-0.2, -0.15) is 0 Å². The summed E-state index contributed by atoms with van der Waals surface area (Å²) in [6.45, 7) is 1.92. The van der Waals surface area contributed by atoms with E-state index in [-0.39, 0.29) is 18.2 Å². The smallest absolute Gasteiger partial charge is 0.250 e. The molecule has 0 radical (unpaired) electrons. The first-order valence-corrected chi connectivity index (χ1v) is 6.62. The minimum atomic E-state index is -0.464. The topological polar surface area (TPSA) is 82.8 Å². The first kappa shape index (κ1) is 17.4. The molecule has 0 saturated carbocycles. The maximum Gasteiger partial charge on any atom is 0.250 e. The zero-order valence-electron chi connectivity index (χ0n) is 12.1. The van der Waals surface area contributed by atoms with Crippen LogP contribution in [0.15, 0.2) is 18.2 Å². The van der Waals surface area contributed by atoms with E-state index < -0.39 is 5.82 Å². The van der Waals surface area contributed by atoms with Crippen LogP contribution in [-0.4, -0.2) is 46.1 Å². The van der Waals surface area contributed by atoms with Crippen LogP contribution >= 0.6 is 0 Å². The molecule has 1 amide bonds. The van der Waals surface area contributed by atoms with Crippen molar-refractivity contribution in [3.8, 4) is 0 Å². The second-order valence-electron chi connectivity index (χ2n) is 4.29. The molecule has 118 valence electrons. The lowest BCUT2D eigenvalue weighted by atomic mass is 10.2. The van der Waals surface area contributed by atoms with E-state index in [4.69, 9.17) is 19.9 Å². The number of benzene rings is 1. The molecule has 0 unspecified atom stereocenters. The molecule has 1 aromatic rings. The minimum Gasteiger partial charge on any atom is -0.397 e. The third kappa shape index (κ3) is 7.60. The highest BCUT2D eigenvalue weighted by Gasteiger charge is 2.06. The van der Waals surface area contributed by atoms with E-state index in [1.54, 1.807) is 7.11 Å². The predicted octanol–water partition coefficient (Wildman–Crippen LogP) is 1.42. The van der Waals surface area contributed by atoms with Gasteiger partial charge >= 0.3 is 0 Å². The molecule has 7 heteroatoms. The van der Waals surface area contributed by atoms with Gasteiger partial charge in [-0.05, 0) is 24.6 Å². The Labute approximate surface area is 123 Å². The van der Waals surface area contributed by atoms with E-state index in [9.17, 15) is 9.18 Å². The van der Waals surface area contributed by atoms with Gasteiger partial charge < -0.3 is 25.3 Å². The third-order valence-electron chi connectivity index (χ3n) is 2.53. The van der Waals surface area contributed by atoms with Gasteiger partial charge in [0.2, 0.25) is 5.91 Å². The minimum absolute atomic E-state index is 0.117. The third-order valence-corrected chi connectivity index (χ3v) is 2.53. The van der Waals surface area contributed by atoms with Crippen molar-refractivity contribution >= 4 is 17.3 Å². The molecular formula is C14H21FN2O4. The molecule has 3 N–H and O–H groups in total. The van der Waals surface area contributed by atoms with Gasteiger partial charge in [0.1, 0.15) is 12.4 Å². The highest BCUT2D eigenvalue weighted by atomic mass is 19.1. The Bertz CT molecular complexity index is 443. The maximum atomic E-state index is 13.0. The summed E-state index contributed by atoms with van der Waals surface area (Å²) in [5, 5.41) is 2.49. The largest absolute Gasteiger partial charge is 0.397 e. The van der Waals surface area contributed by atoms with Gasteiger partial charge in [0, 0.05) is 20.3 Å². The molecule has 0 heterocycles. The zero-order valence-corrected chi connectivity index (χ0v) is 12.1. The molecule has 6 nitrogen and oxygen atoms in total. The number of halogens is 1. The van der Waals surface area contributed by atoms with Crippen LogP contribution < -0.4 is 11.1 Å². The van der Waals surface area contributed by atoms with Crippen LogP contribution in [0.4, 0.5) is 15.8 Å².